The molecule has 0 atom stereocenters. The molecule has 0 N–H and O–H groups in total. The highest BCUT2D eigenvalue weighted by Gasteiger charge is 2.29. The monoisotopic (exact) mass is 916 g/mol. The van der Waals surface area contributed by atoms with E-state index in [1.807, 2.05) is 0 Å². The maximum Gasteiger partial charge on any atom is 0.151 e. The molecule has 0 bridgehead atoms. The fraction of sp³-hybridized carbons (Fsp3) is 0.0196. The van der Waals surface area contributed by atoms with E-state index in [9.17, 15) is 0 Å². The molecule has 0 radical (unpaired) electrons. The van der Waals surface area contributed by atoms with Crippen LogP contribution >= 0.6 is 0 Å². The third kappa shape index (κ3) is 8.78. The van der Waals surface area contributed by atoms with Gasteiger partial charge in [-0.25, -0.2) is 0 Å². The number of allylic oxidation sites excluding steroid dienone is 3. The maximum absolute atomic E-state index is 6.46. The van der Waals surface area contributed by atoms with Crippen molar-refractivity contribution in [1.29, 1.82) is 0 Å². The van der Waals surface area contributed by atoms with Crippen LogP contribution in [0.2, 0.25) is 0 Å². The number of rotatable bonds is 9. The number of anilines is 2. The van der Waals surface area contributed by atoms with E-state index in [2.05, 4.69) is 254 Å². The highest BCUT2D eigenvalue weighted by atomic mass is 15.1. The van der Waals surface area contributed by atoms with Gasteiger partial charge >= 0.3 is 0 Å². The third-order valence-corrected chi connectivity index (χ3v) is 18.4. The summed E-state index contributed by atoms with van der Waals surface area (Å²) in [6.07, 6.45) is 6.46. The minimum absolute atomic E-state index is 0.674. The predicted molar refractivity (Wildman–Crippen MR) is 393 cm³/mol. The lowest BCUT2D eigenvalue weighted by atomic mass is 9.56. The normalized spacial score (nSPS) is 12.1. The molecule has 0 unspecified atom stereocenters. The van der Waals surface area contributed by atoms with Crippen LogP contribution in [-0.2, 0) is 0 Å². The zero-order chi connectivity index (χ0) is 53.4. The van der Waals surface area contributed by atoms with Crippen LogP contribution in [0.25, 0.3) is 60.5 Å². The van der Waals surface area contributed by atoms with Crippen LogP contribution in [-0.4, -0.2) is 171 Å². The largest absolute Gasteiger partial charge is 0.339 e. The molecule has 330 valence electrons. The van der Waals surface area contributed by atoms with Crippen molar-refractivity contribution < 1.29 is 0 Å². The molecule has 8 aromatic rings. The molecule has 0 fully saturated rings. The van der Waals surface area contributed by atoms with E-state index in [0.717, 1.165) is 16.6 Å². The van der Waals surface area contributed by atoms with Gasteiger partial charge in [0.15, 0.2) is 7.85 Å². The number of benzene rings is 8. The van der Waals surface area contributed by atoms with Gasteiger partial charge in [0.05, 0.1) is 0 Å². The first-order chi connectivity index (χ1) is 34.5. The summed E-state index contributed by atoms with van der Waals surface area (Å²) in [5.74, 6) is 3.12. The average Bonchev–Trinajstić information content (AvgIpc) is 3.39. The summed E-state index contributed by atoms with van der Waals surface area (Å²) in [5.41, 5.74) is 40.3. The fourth-order valence-electron chi connectivity index (χ4n) is 12.6. The molecule has 22 heteroatoms. The van der Waals surface area contributed by atoms with Crippen molar-refractivity contribution in [3.8, 4) is 45.7 Å². The van der Waals surface area contributed by atoms with Crippen LogP contribution in [0.5, 0.6) is 0 Å². The van der Waals surface area contributed by atoms with Crippen LogP contribution in [0, 0.1) is 12.3 Å². The molecule has 73 heavy (non-hydrogen) atoms. The Balaban J connectivity index is 1.46. The summed E-state index contributed by atoms with van der Waals surface area (Å²) in [4.78, 5) is 2.73. The molecule has 0 saturated heterocycles. The van der Waals surface area contributed by atoms with Gasteiger partial charge < -0.3 is 4.90 Å². The Bertz CT molecular complexity index is 3740. The maximum atomic E-state index is 6.46. The van der Waals surface area contributed by atoms with E-state index in [4.69, 9.17) is 6.42 Å². The summed E-state index contributed by atoms with van der Waals surface area (Å²) in [6.45, 7) is 0.674. The van der Waals surface area contributed by atoms with Gasteiger partial charge in [0, 0.05) is 17.9 Å². The number of terminal acetylenes is 1. The third-order valence-electron chi connectivity index (χ3n) is 18.4. The second kappa shape index (κ2) is 20.7. The number of hydrogen-bond donors (Lipinski definition) is 0. The zero-order valence-electron chi connectivity index (χ0n) is 48.2. The van der Waals surface area contributed by atoms with Crippen molar-refractivity contribution in [1.82, 2.24) is 0 Å². The summed E-state index contributed by atoms with van der Waals surface area (Å²) < 4.78 is 0. The molecule has 0 saturated carbocycles. The summed E-state index contributed by atoms with van der Waals surface area (Å²) in [7, 11) is 49.0. The molecule has 0 aromatic heterocycles. The van der Waals surface area contributed by atoms with E-state index >= 15 is 0 Å². The summed E-state index contributed by atoms with van der Waals surface area (Å²) >= 11 is 0. The summed E-state index contributed by atoms with van der Waals surface area (Å²) in [5, 5.41) is 5.57. The Hall–Kier alpha value is -5.52. The van der Waals surface area contributed by atoms with Crippen LogP contribution in [0.4, 0.5) is 11.4 Å². The molecule has 0 amide bonds. The van der Waals surface area contributed by atoms with E-state index in [-0.39, 0.29) is 0 Å². The first-order valence-electron chi connectivity index (χ1n) is 26.5. The standard InChI is InChI=1S/C51H58B21N/c1-2-22(52)24(19-13-14-20(17-9-5-3-6-10-17)21(15-19)18-11-7-4-8-12-18)31(54)23(53)16-73(50-30-29(37(60)46(69)49(50)72)36(59)44(67)45(68)40(30)63)51-47(70)38(61)28(39(62)48(51)71)26-25-27(34(57)41(64)32(26)55)35(58)43(66)42(65)33(25)56/h1,3-15H,16,52-72H2/b24-22+,31-23-. The second-order valence-corrected chi connectivity index (χ2v) is 21.8. The lowest BCUT2D eigenvalue weighted by molar-refractivity contribution is 1.11. The molecule has 0 aliphatic rings. The van der Waals surface area contributed by atoms with Gasteiger partial charge in [-0.15, -0.1) is 33.7 Å². The van der Waals surface area contributed by atoms with Gasteiger partial charge in [0.2, 0.25) is 0 Å². The van der Waals surface area contributed by atoms with Gasteiger partial charge in [0.25, 0.3) is 0 Å². The molecule has 0 aliphatic carbocycles. The number of nitrogens with zero attached hydrogens (tertiary/aromatic N) is 1. The fourth-order valence-corrected chi connectivity index (χ4v) is 12.6. The van der Waals surface area contributed by atoms with Crippen LogP contribution in [0.3, 0.4) is 0 Å². The topological polar surface area (TPSA) is 3.24 Å². The van der Waals surface area contributed by atoms with E-state index in [1.165, 1.54) is 176 Å². The molecular weight excluding hydrogens is 854 g/mol. The first-order valence-corrected chi connectivity index (χ1v) is 26.5. The van der Waals surface area contributed by atoms with Gasteiger partial charge in [-0.3, -0.25) is 0 Å². The van der Waals surface area contributed by atoms with Gasteiger partial charge in [-0.05, 0) is 77.6 Å². The molecule has 0 heterocycles. The molecule has 1 nitrogen and oxygen atoms in total. The lowest BCUT2D eigenvalue weighted by Gasteiger charge is -2.37. The van der Waals surface area contributed by atoms with Crippen LogP contribution in [0.1, 0.15) is 5.56 Å². The SMILES string of the molecule is B/C(CN(c1c(B)c(B)c(-c2c(B)c(B)c(B)c3c(B)c(B)c(B)c(B)c23)c(B)c1B)c1c(B)c(B)c(B)c2c(B)c(B)c(B)c(B)c12)=C(B)/C(=C(/B)C#C)c1ccc(-c2ccccc2)c(-c2ccccc2)c1. The second-order valence-electron chi connectivity index (χ2n) is 21.8. The quantitative estimate of drug-likeness (QED) is 0.0792. The Morgan fingerprint density at radius 1 is 0.384 bits per heavy atom. The highest BCUT2D eigenvalue weighted by molar-refractivity contribution is 6.75. The first kappa shape index (κ1) is 53.8. The average molecular weight is 912 g/mol. The number of hydrogen-bond acceptors (Lipinski definition) is 1. The molecule has 0 aliphatic heterocycles. The predicted octanol–water partition coefficient (Wildman–Crippen LogP) is -21.1. The molecule has 8 rings (SSSR count). The lowest BCUT2D eigenvalue weighted by Crippen LogP contribution is -2.55. The Morgan fingerprint density at radius 2 is 0.767 bits per heavy atom. The molecule has 0 spiro atoms. The number of fused-ring (bicyclic) bond motifs is 2. The van der Waals surface area contributed by atoms with Crippen molar-refractivity contribution in [2.45, 2.75) is 0 Å². The minimum atomic E-state index is 0.674. The Kier molecular flexibility index (Phi) is 15.2. The van der Waals surface area contributed by atoms with E-state index < -0.39 is 0 Å². The smallest absolute Gasteiger partial charge is 0.151 e. The molecular formula is C51H58B21N. The van der Waals surface area contributed by atoms with Gasteiger partial charge in [0.1, 0.15) is 157 Å². The van der Waals surface area contributed by atoms with Crippen molar-refractivity contribution in [2.75, 3.05) is 11.4 Å². The van der Waals surface area contributed by atoms with E-state index in [0.29, 0.717) is 6.54 Å². The van der Waals surface area contributed by atoms with Gasteiger partial charge in [-0.1, -0.05) is 161 Å². The van der Waals surface area contributed by atoms with Crippen molar-refractivity contribution >= 4 is 302 Å². The molecule has 8 aromatic carbocycles. The minimum Gasteiger partial charge on any atom is -0.339 e. The van der Waals surface area contributed by atoms with Crippen LogP contribution in [0.15, 0.2) is 95.3 Å². The van der Waals surface area contributed by atoms with Crippen LogP contribution < -0.4 is 103 Å². The zero-order valence-corrected chi connectivity index (χ0v) is 48.2. The highest BCUT2D eigenvalue weighted by Crippen LogP contribution is 2.37. The van der Waals surface area contributed by atoms with Crippen molar-refractivity contribution in [3.63, 3.8) is 0 Å². The van der Waals surface area contributed by atoms with E-state index in [1.54, 1.807) is 0 Å². The van der Waals surface area contributed by atoms with Crippen molar-refractivity contribution in [3.05, 3.63) is 101 Å². The Labute approximate surface area is 456 Å². The van der Waals surface area contributed by atoms with Gasteiger partial charge in [-0.2, -0.15) is 0 Å². The summed E-state index contributed by atoms with van der Waals surface area (Å²) in [6, 6.07) is 28.4. The Morgan fingerprint density at radius 3 is 1.25 bits per heavy atom. The van der Waals surface area contributed by atoms with Crippen molar-refractivity contribution in [2.24, 2.45) is 0 Å².